The molecule has 1 aromatic rings. The fourth-order valence-corrected chi connectivity index (χ4v) is 2.45. The van der Waals surface area contributed by atoms with E-state index < -0.39 is 0 Å². The molecule has 0 saturated heterocycles. The maximum Gasteiger partial charge on any atom is 0.120 e. The summed E-state index contributed by atoms with van der Waals surface area (Å²) in [4.78, 5) is 0. The summed E-state index contributed by atoms with van der Waals surface area (Å²) in [7, 11) is 0. The summed E-state index contributed by atoms with van der Waals surface area (Å²) in [5.74, 6) is 1.83. The van der Waals surface area contributed by atoms with Crippen LogP contribution in [0.25, 0.3) is 0 Å². The predicted molar refractivity (Wildman–Crippen MR) is 89.3 cm³/mol. The van der Waals surface area contributed by atoms with E-state index in [9.17, 15) is 0 Å². The summed E-state index contributed by atoms with van der Waals surface area (Å²) in [5, 5.41) is 3.54. The third kappa shape index (κ3) is 6.38. The molecule has 3 nitrogen and oxygen atoms in total. The lowest BCUT2D eigenvalue weighted by molar-refractivity contribution is 0.143. The van der Waals surface area contributed by atoms with Crippen molar-refractivity contribution in [1.29, 1.82) is 0 Å². The second-order valence-electron chi connectivity index (χ2n) is 5.34. The average Bonchev–Trinajstić information content (AvgIpc) is 2.51. The predicted octanol–water partition coefficient (Wildman–Crippen LogP) is 4.41. The van der Waals surface area contributed by atoms with Gasteiger partial charge in [0.2, 0.25) is 0 Å². The summed E-state index contributed by atoms with van der Waals surface area (Å²) in [5.41, 5.74) is 0. The Morgan fingerprint density at radius 2 is 1.62 bits per heavy atom. The Hall–Kier alpha value is -1.22. The van der Waals surface area contributed by atoms with E-state index in [0.29, 0.717) is 6.04 Å². The fourth-order valence-electron chi connectivity index (χ4n) is 2.45. The summed E-state index contributed by atoms with van der Waals surface area (Å²) < 4.78 is 11.8. The first kappa shape index (κ1) is 17.8. The summed E-state index contributed by atoms with van der Waals surface area (Å²) >= 11 is 0. The molecule has 3 heteroatoms. The number of ether oxygens (including phenoxy) is 2. The first-order valence-corrected chi connectivity index (χ1v) is 8.37. The lowest BCUT2D eigenvalue weighted by Gasteiger charge is -2.27. The van der Waals surface area contributed by atoms with Crippen molar-refractivity contribution in [3.63, 3.8) is 0 Å². The van der Waals surface area contributed by atoms with Gasteiger partial charge in [-0.15, -0.1) is 0 Å². The van der Waals surface area contributed by atoms with Crippen molar-refractivity contribution >= 4 is 0 Å². The zero-order chi connectivity index (χ0) is 15.5. The van der Waals surface area contributed by atoms with Gasteiger partial charge in [0, 0.05) is 6.04 Å². The van der Waals surface area contributed by atoms with Crippen LogP contribution < -0.4 is 14.8 Å². The lowest BCUT2D eigenvalue weighted by Crippen LogP contribution is -2.42. The van der Waals surface area contributed by atoms with Gasteiger partial charge in [0.25, 0.3) is 0 Å². The van der Waals surface area contributed by atoms with E-state index in [1.807, 2.05) is 24.3 Å². The third-order valence-corrected chi connectivity index (χ3v) is 3.50. The molecule has 0 heterocycles. The van der Waals surface area contributed by atoms with E-state index in [0.717, 1.165) is 43.9 Å². The van der Waals surface area contributed by atoms with Crippen molar-refractivity contribution in [2.24, 2.45) is 0 Å². The van der Waals surface area contributed by atoms with Gasteiger partial charge in [-0.05, 0) is 50.1 Å². The molecule has 0 amide bonds. The molecule has 0 saturated carbocycles. The molecule has 1 rings (SSSR count). The highest BCUT2D eigenvalue weighted by Crippen LogP contribution is 2.21. The van der Waals surface area contributed by atoms with Crippen LogP contribution in [0.4, 0.5) is 0 Å². The van der Waals surface area contributed by atoms with Crippen LogP contribution in [-0.2, 0) is 0 Å². The topological polar surface area (TPSA) is 30.5 Å². The molecule has 0 aliphatic carbocycles. The number of rotatable bonds is 11. The van der Waals surface area contributed by atoms with Crippen molar-refractivity contribution in [3.8, 4) is 11.5 Å². The van der Waals surface area contributed by atoms with E-state index in [-0.39, 0.29) is 6.10 Å². The smallest absolute Gasteiger partial charge is 0.120 e. The van der Waals surface area contributed by atoms with Gasteiger partial charge >= 0.3 is 0 Å². The Bertz CT molecular complexity index is 358. The first-order chi connectivity index (χ1) is 10.2. The average molecular weight is 293 g/mol. The molecule has 2 atom stereocenters. The van der Waals surface area contributed by atoms with E-state index in [1.165, 1.54) is 6.42 Å². The van der Waals surface area contributed by atoms with Crippen LogP contribution >= 0.6 is 0 Å². The highest BCUT2D eigenvalue weighted by Gasteiger charge is 2.20. The second-order valence-corrected chi connectivity index (χ2v) is 5.34. The molecule has 0 aliphatic heterocycles. The Labute approximate surface area is 130 Å². The van der Waals surface area contributed by atoms with Gasteiger partial charge in [-0.2, -0.15) is 0 Å². The third-order valence-electron chi connectivity index (χ3n) is 3.50. The number of likely N-dealkylation sites (N-methyl/N-ethyl adjacent to an activating group) is 1. The van der Waals surface area contributed by atoms with Gasteiger partial charge < -0.3 is 14.8 Å². The molecular formula is C18H31NO2. The molecule has 0 bridgehead atoms. The first-order valence-electron chi connectivity index (χ1n) is 8.37. The monoisotopic (exact) mass is 293 g/mol. The Kier molecular flexibility index (Phi) is 8.91. The van der Waals surface area contributed by atoms with Gasteiger partial charge in [0.15, 0.2) is 0 Å². The zero-order valence-corrected chi connectivity index (χ0v) is 14.0. The molecule has 1 aromatic carbocycles. The van der Waals surface area contributed by atoms with Gasteiger partial charge in [-0.25, -0.2) is 0 Å². The summed E-state index contributed by atoms with van der Waals surface area (Å²) in [6.07, 6.45) is 4.56. The number of hydrogen-bond acceptors (Lipinski definition) is 3. The van der Waals surface area contributed by atoms with E-state index in [1.54, 1.807) is 0 Å². The van der Waals surface area contributed by atoms with Crippen LogP contribution in [0.5, 0.6) is 11.5 Å². The van der Waals surface area contributed by atoms with E-state index >= 15 is 0 Å². The maximum atomic E-state index is 6.17. The van der Waals surface area contributed by atoms with E-state index in [4.69, 9.17) is 9.47 Å². The molecular weight excluding hydrogens is 262 g/mol. The van der Waals surface area contributed by atoms with Crippen molar-refractivity contribution in [1.82, 2.24) is 5.32 Å². The molecule has 2 unspecified atom stereocenters. The van der Waals surface area contributed by atoms with Crippen LogP contribution in [0.2, 0.25) is 0 Å². The minimum absolute atomic E-state index is 0.215. The SMILES string of the molecule is CCCOc1ccc(OC(CC)C(CCC)NCC)cc1. The summed E-state index contributed by atoms with van der Waals surface area (Å²) in [6.45, 7) is 10.4. The second kappa shape index (κ2) is 10.5. The van der Waals surface area contributed by atoms with Crippen LogP contribution in [0.3, 0.4) is 0 Å². The van der Waals surface area contributed by atoms with Gasteiger partial charge in [-0.3, -0.25) is 0 Å². The Morgan fingerprint density at radius 1 is 0.952 bits per heavy atom. The van der Waals surface area contributed by atoms with Gasteiger partial charge in [0.1, 0.15) is 17.6 Å². The lowest BCUT2D eigenvalue weighted by atomic mass is 10.0. The number of hydrogen-bond donors (Lipinski definition) is 1. The molecule has 0 spiro atoms. The molecule has 1 N–H and O–H groups in total. The van der Waals surface area contributed by atoms with Crippen molar-refractivity contribution in [3.05, 3.63) is 24.3 Å². The van der Waals surface area contributed by atoms with Crippen LogP contribution in [0.1, 0.15) is 53.4 Å². The fraction of sp³-hybridized carbons (Fsp3) is 0.667. The number of benzene rings is 1. The van der Waals surface area contributed by atoms with E-state index in [2.05, 4.69) is 33.0 Å². The van der Waals surface area contributed by atoms with Gasteiger partial charge in [-0.1, -0.05) is 34.1 Å². The minimum atomic E-state index is 0.215. The Morgan fingerprint density at radius 3 is 2.14 bits per heavy atom. The highest BCUT2D eigenvalue weighted by molar-refractivity contribution is 5.31. The zero-order valence-electron chi connectivity index (χ0n) is 14.0. The molecule has 0 radical (unpaired) electrons. The molecule has 0 fully saturated rings. The number of nitrogens with one attached hydrogen (secondary N) is 1. The van der Waals surface area contributed by atoms with Crippen LogP contribution in [-0.4, -0.2) is 25.3 Å². The standard InChI is InChI=1S/C18H31NO2/c1-5-9-17(19-8-4)18(7-3)21-16-12-10-15(11-13-16)20-14-6-2/h10-13,17-19H,5-9,14H2,1-4H3. The quantitative estimate of drug-likeness (QED) is 0.655. The molecule has 21 heavy (non-hydrogen) atoms. The van der Waals surface area contributed by atoms with Crippen LogP contribution in [0.15, 0.2) is 24.3 Å². The van der Waals surface area contributed by atoms with Gasteiger partial charge in [0.05, 0.1) is 6.61 Å². The minimum Gasteiger partial charge on any atom is -0.494 e. The Balaban J connectivity index is 2.62. The highest BCUT2D eigenvalue weighted by atomic mass is 16.5. The maximum absolute atomic E-state index is 6.17. The summed E-state index contributed by atoms with van der Waals surface area (Å²) in [6, 6.07) is 8.39. The largest absolute Gasteiger partial charge is 0.494 e. The van der Waals surface area contributed by atoms with Crippen molar-refractivity contribution in [2.75, 3.05) is 13.2 Å². The van der Waals surface area contributed by atoms with Crippen LogP contribution in [0, 0.1) is 0 Å². The normalized spacial score (nSPS) is 13.7. The molecule has 0 aromatic heterocycles. The molecule has 0 aliphatic rings. The molecule has 120 valence electrons. The van der Waals surface area contributed by atoms with Crippen molar-refractivity contribution < 1.29 is 9.47 Å². The van der Waals surface area contributed by atoms with Crippen molar-refractivity contribution in [2.45, 2.75) is 65.5 Å².